The maximum atomic E-state index is 12.9. The first-order valence-electron chi connectivity index (χ1n) is 10.3. The van der Waals surface area contributed by atoms with Crippen molar-refractivity contribution in [3.8, 4) is 0 Å². The van der Waals surface area contributed by atoms with Crippen LogP contribution >= 0.6 is 23.4 Å². The molecule has 2 aliphatic rings. The van der Waals surface area contributed by atoms with Crippen LogP contribution in [0.25, 0.3) is 0 Å². The van der Waals surface area contributed by atoms with Crippen LogP contribution in [0.3, 0.4) is 0 Å². The maximum Gasteiger partial charge on any atom is 0.352 e. The van der Waals surface area contributed by atoms with E-state index < -0.39 is 23.3 Å². The predicted octanol–water partition coefficient (Wildman–Crippen LogP) is 2.63. The fourth-order valence-electron chi connectivity index (χ4n) is 4.04. The van der Waals surface area contributed by atoms with E-state index in [0.717, 1.165) is 18.4 Å². The van der Waals surface area contributed by atoms with Crippen molar-refractivity contribution in [3.63, 3.8) is 0 Å². The molecule has 2 atom stereocenters. The molecule has 3 heterocycles. The molecular formula is C23H23ClN3O4S+. The molecule has 32 heavy (non-hydrogen) atoms. The van der Waals surface area contributed by atoms with E-state index in [2.05, 4.69) is 5.32 Å². The zero-order valence-electron chi connectivity index (χ0n) is 17.5. The Bertz CT molecular complexity index is 1120. The molecule has 1 saturated heterocycles. The summed E-state index contributed by atoms with van der Waals surface area (Å²) >= 11 is 7.65. The van der Waals surface area contributed by atoms with Gasteiger partial charge < -0.3 is 10.4 Å². The zero-order valence-corrected chi connectivity index (χ0v) is 19.0. The monoisotopic (exact) mass is 472 g/mol. The van der Waals surface area contributed by atoms with Gasteiger partial charge in [0.25, 0.3) is 17.0 Å². The van der Waals surface area contributed by atoms with Crippen LogP contribution in [0.4, 0.5) is 0 Å². The average molecular weight is 473 g/mol. The molecule has 2 aromatic rings. The first-order valence-corrected chi connectivity index (χ1v) is 11.8. The summed E-state index contributed by atoms with van der Waals surface area (Å²) in [6.45, 7) is 2.31. The number of carboxylic acids is 1. The highest BCUT2D eigenvalue weighted by Crippen LogP contribution is 2.40. The minimum Gasteiger partial charge on any atom is -0.477 e. The van der Waals surface area contributed by atoms with Gasteiger partial charge in [-0.3, -0.25) is 14.5 Å². The second kappa shape index (κ2) is 9.34. The van der Waals surface area contributed by atoms with Gasteiger partial charge in [0.2, 0.25) is 0 Å². The van der Waals surface area contributed by atoms with Gasteiger partial charge in [0.15, 0.2) is 12.7 Å². The van der Waals surface area contributed by atoms with Crippen molar-refractivity contribution in [1.82, 2.24) is 10.2 Å². The van der Waals surface area contributed by atoms with Crippen LogP contribution in [0, 0.1) is 0 Å². The number of benzene rings is 1. The second-order valence-corrected chi connectivity index (χ2v) is 9.17. The number of β-lactam (4-membered cyclic amide) rings is 1. The molecule has 0 aliphatic carbocycles. The number of aryl methyl sites for hydroxylation is 1. The number of carboxylic acid groups (broad SMARTS) is 1. The third kappa shape index (κ3) is 4.12. The number of pyridine rings is 1. The number of amides is 2. The van der Waals surface area contributed by atoms with E-state index in [9.17, 15) is 19.5 Å². The largest absolute Gasteiger partial charge is 0.477 e. The van der Waals surface area contributed by atoms with Gasteiger partial charge in [0.1, 0.15) is 17.1 Å². The van der Waals surface area contributed by atoms with Gasteiger partial charge in [-0.25, -0.2) is 4.79 Å². The topological polar surface area (TPSA) is 90.6 Å². The molecule has 1 fully saturated rings. The van der Waals surface area contributed by atoms with Crippen molar-refractivity contribution in [2.45, 2.75) is 37.7 Å². The van der Waals surface area contributed by atoms with Gasteiger partial charge in [0, 0.05) is 29.0 Å². The molecule has 0 radical (unpaired) electrons. The number of carbonyl (C=O) groups excluding carboxylic acids is 2. The number of hydrogen-bond acceptors (Lipinski definition) is 4. The van der Waals surface area contributed by atoms with Crippen molar-refractivity contribution in [3.05, 3.63) is 76.2 Å². The molecule has 0 saturated carbocycles. The van der Waals surface area contributed by atoms with Gasteiger partial charge in [0.05, 0.1) is 0 Å². The van der Waals surface area contributed by atoms with Crippen molar-refractivity contribution in [2.75, 3.05) is 5.75 Å². The number of fused-ring (bicyclic) bond motifs is 1. The Morgan fingerprint density at radius 1 is 1.25 bits per heavy atom. The van der Waals surface area contributed by atoms with Gasteiger partial charge in [-0.1, -0.05) is 31.5 Å². The smallest absolute Gasteiger partial charge is 0.352 e. The normalized spacial score (nSPS) is 19.9. The van der Waals surface area contributed by atoms with Crippen molar-refractivity contribution in [1.29, 1.82) is 0 Å². The Morgan fingerprint density at radius 2 is 2.00 bits per heavy atom. The Labute approximate surface area is 195 Å². The molecular weight excluding hydrogens is 450 g/mol. The molecule has 2 N–H and O–H groups in total. The summed E-state index contributed by atoms with van der Waals surface area (Å²) in [5.74, 6) is -1.47. The van der Waals surface area contributed by atoms with Gasteiger partial charge in [-0.2, -0.15) is 4.57 Å². The number of carbonyl (C=O) groups is 3. The number of nitrogens with zero attached hydrogens (tertiary/aromatic N) is 2. The fraction of sp³-hybridized carbons (Fsp3) is 0.304. The lowest BCUT2D eigenvalue weighted by molar-refractivity contribution is -0.686. The summed E-state index contributed by atoms with van der Waals surface area (Å²) in [5.41, 5.74) is 2.05. The van der Waals surface area contributed by atoms with E-state index in [0.29, 0.717) is 22.0 Å². The molecule has 9 heteroatoms. The summed E-state index contributed by atoms with van der Waals surface area (Å²) < 4.78 is 1.73. The lowest BCUT2D eigenvalue weighted by Gasteiger charge is -2.49. The number of aliphatic carboxylic acids is 1. The van der Waals surface area contributed by atoms with E-state index in [1.807, 2.05) is 25.1 Å². The molecule has 2 amide bonds. The van der Waals surface area contributed by atoms with Crippen LogP contribution in [0.2, 0.25) is 5.15 Å². The van der Waals surface area contributed by atoms with E-state index in [1.54, 1.807) is 35.0 Å². The van der Waals surface area contributed by atoms with Gasteiger partial charge in [-0.05, 0) is 35.7 Å². The summed E-state index contributed by atoms with van der Waals surface area (Å²) in [6.07, 6.45) is 3.43. The first kappa shape index (κ1) is 22.4. The van der Waals surface area contributed by atoms with Gasteiger partial charge in [-0.15, -0.1) is 11.8 Å². The standard InChI is InChI=1S/C23H22ClN3O4S/c1-2-7-14-8-3-4-9-16(14)20(28)25-18-21(29)27-19(23(30)31)15(13-32-22(18)27)12-26-11-6-5-10-17(26)24/h3-6,8-11,18,22H,2,7,12-13H2,1H3,(H-,25,28,30,31)/p+1/t18?,22-/m0/s1. The van der Waals surface area contributed by atoms with E-state index >= 15 is 0 Å². The van der Waals surface area contributed by atoms with Crippen LogP contribution in [-0.2, 0) is 22.6 Å². The summed E-state index contributed by atoms with van der Waals surface area (Å²) in [4.78, 5) is 39.1. The minimum absolute atomic E-state index is 0.0250. The molecule has 7 nitrogen and oxygen atoms in total. The minimum atomic E-state index is -1.16. The van der Waals surface area contributed by atoms with Crippen LogP contribution in [0.15, 0.2) is 59.9 Å². The van der Waals surface area contributed by atoms with Crippen LogP contribution < -0.4 is 9.88 Å². The fourth-order valence-corrected chi connectivity index (χ4v) is 5.57. The number of nitrogens with one attached hydrogen (secondary N) is 1. The highest BCUT2D eigenvalue weighted by Gasteiger charge is 2.54. The summed E-state index contributed by atoms with van der Waals surface area (Å²) in [5, 5.41) is 12.7. The summed E-state index contributed by atoms with van der Waals surface area (Å²) in [7, 11) is 0. The zero-order chi connectivity index (χ0) is 22.8. The van der Waals surface area contributed by atoms with Gasteiger partial charge >= 0.3 is 5.97 Å². The Balaban J connectivity index is 1.54. The van der Waals surface area contributed by atoms with E-state index in [4.69, 9.17) is 11.6 Å². The van der Waals surface area contributed by atoms with Crippen LogP contribution in [0.5, 0.6) is 0 Å². The lowest BCUT2D eigenvalue weighted by atomic mass is 9.99. The quantitative estimate of drug-likeness (QED) is 0.367. The maximum absolute atomic E-state index is 12.9. The molecule has 1 aromatic carbocycles. The van der Waals surface area contributed by atoms with Crippen molar-refractivity contribution < 1.29 is 24.1 Å². The number of thioether (sulfide) groups is 1. The molecule has 1 unspecified atom stereocenters. The number of rotatable bonds is 7. The predicted molar refractivity (Wildman–Crippen MR) is 121 cm³/mol. The van der Waals surface area contributed by atoms with Crippen LogP contribution in [-0.4, -0.2) is 45.0 Å². The van der Waals surface area contributed by atoms with Crippen molar-refractivity contribution in [2.24, 2.45) is 0 Å². The first-order chi connectivity index (χ1) is 15.4. The molecule has 0 bridgehead atoms. The number of hydrogen-bond donors (Lipinski definition) is 2. The average Bonchev–Trinajstić information content (AvgIpc) is 2.79. The van der Waals surface area contributed by atoms with E-state index in [-0.39, 0.29) is 18.1 Å². The van der Waals surface area contributed by atoms with Crippen LogP contribution in [0.1, 0.15) is 29.3 Å². The molecule has 0 spiro atoms. The second-order valence-electron chi connectivity index (χ2n) is 7.68. The Kier molecular flexibility index (Phi) is 6.53. The third-order valence-electron chi connectivity index (χ3n) is 5.56. The SMILES string of the molecule is CCCc1ccccc1C(=O)NC1C(=O)N2C(C(=O)O)=C(C[n+]3ccccc3Cl)CS[C@@H]12. The number of halogens is 1. The van der Waals surface area contributed by atoms with E-state index in [1.165, 1.54) is 16.7 Å². The highest BCUT2D eigenvalue weighted by atomic mass is 35.5. The lowest BCUT2D eigenvalue weighted by Crippen LogP contribution is -2.70. The summed E-state index contributed by atoms with van der Waals surface area (Å²) in [6, 6.07) is 11.9. The third-order valence-corrected chi connectivity index (χ3v) is 7.25. The molecule has 1 aromatic heterocycles. The molecule has 4 rings (SSSR count). The van der Waals surface area contributed by atoms with Crippen molar-refractivity contribution >= 4 is 41.1 Å². The Morgan fingerprint density at radius 3 is 2.72 bits per heavy atom. The Hall–Kier alpha value is -2.84. The highest BCUT2D eigenvalue weighted by molar-refractivity contribution is 8.00. The number of aromatic nitrogens is 1. The molecule has 166 valence electrons. The molecule has 2 aliphatic heterocycles.